The number of carbonyl (C=O) groups excluding carboxylic acids is 2. The average molecular weight is 471 g/mol. The van der Waals surface area contributed by atoms with Crippen LogP contribution >= 0.6 is 0 Å². The molecular formula is C27H38N2O5. The molecule has 186 valence electrons. The molecule has 0 fully saturated rings. The van der Waals surface area contributed by atoms with Crippen LogP contribution in [0.2, 0.25) is 0 Å². The fourth-order valence-corrected chi connectivity index (χ4v) is 3.64. The van der Waals surface area contributed by atoms with Crippen molar-refractivity contribution in [1.82, 2.24) is 5.32 Å². The lowest BCUT2D eigenvalue weighted by atomic mass is 9.93. The Bertz CT molecular complexity index is 978. The number of benzene rings is 2. The van der Waals surface area contributed by atoms with Crippen LogP contribution in [-0.2, 0) is 20.7 Å². The Morgan fingerprint density at radius 2 is 1.71 bits per heavy atom. The van der Waals surface area contributed by atoms with E-state index in [1.165, 1.54) is 5.56 Å². The van der Waals surface area contributed by atoms with Crippen molar-refractivity contribution in [3.63, 3.8) is 0 Å². The second-order valence-corrected chi connectivity index (χ2v) is 9.33. The zero-order chi connectivity index (χ0) is 25.4. The van der Waals surface area contributed by atoms with E-state index < -0.39 is 12.0 Å². The number of ether oxygens (including phenoxy) is 2. The van der Waals surface area contributed by atoms with Crippen LogP contribution in [0, 0.1) is 19.8 Å². The summed E-state index contributed by atoms with van der Waals surface area (Å²) < 4.78 is 10.8. The van der Waals surface area contributed by atoms with E-state index in [-0.39, 0.29) is 37.5 Å². The van der Waals surface area contributed by atoms with Crippen molar-refractivity contribution in [2.75, 3.05) is 19.8 Å². The molecule has 4 N–H and O–H groups in total. The van der Waals surface area contributed by atoms with Gasteiger partial charge in [-0.2, -0.15) is 0 Å². The van der Waals surface area contributed by atoms with Crippen molar-refractivity contribution < 1.29 is 24.2 Å². The molecule has 0 radical (unpaired) electrons. The Labute approximate surface area is 202 Å². The van der Waals surface area contributed by atoms with E-state index in [0.29, 0.717) is 11.5 Å². The third kappa shape index (κ3) is 7.76. The van der Waals surface area contributed by atoms with Crippen molar-refractivity contribution in [2.24, 2.45) is 11.7 Å². The van der Waals surface area contributed by atoms with E-state index in [9.17, 15) is 14.7 Å². The fourth-order valence-electron chi connectivity index (χ4n) is 3.64. The highest BCUT2D eigenvalue weighted by Gasteiger charge is 2.16. The zero-order valence-electron chi connectivity index (χ0n) is 21.1. The zero-order valence-corrected chi connectivity index (χ0v) is 21.1. The molecular weight excluding hydrogens is 432 g/mol. The molecule has 0 heterocycles. The van der Waals surface area contributed by atoms with Gasteiger partial charge >= 0.3 is 5.97 Å². The van der Waals surface area contributed by atoms with Gasteiger partial charge in [-0.1, -0.05) is 39.8 Å². The number of phenols is 1. The van der Waals surface area contributed by atoms with E-state index in [1.54, 1.807) is 6.07 Å². The topological polar surface area (TPSA) is 111 Å². The maximum atomic E-state index is 12.0. The number of carbonyl (C=O) groups is 2. The lowest BCUT2D eigenvalue weighted by molar-refractivity contribution is -0.146. The number of nitrogens with two attached hydrogens (primary N) is 1. The number of amides is 1. The minimum absolute atomic E-state index is 0.0350. The molecule has 0 spiro atoms. The summed E-state index contributed by atoms with van der Waals surface area (Å²) in [6, 6.07) is 8.99. The standard InChI is InChI=1S/C27H38N2O5/c1-16(2)22-13-20(7-8-24(22)30)14-23-18(5)11-21(12-19(23)6)34-15-25(31)33-10-9-29-27(32)26(28)17(3)4/h7-8,11-13,16-17,26,30H,9-10,14-15,28H2,1-6H3,(H,29,32)/t26-/m0/s1. The van der Waals surface area contributed by atoms with Crippen LogP contribution in [0.3, 0.4) is 0 Å². The van der Waals surface area contributed by atoms with Gasteiger partial charge in [-0.05, 0) is 78.1 Å². The molecule has 7 heteroatoms. The number of rotatable bonds is 11. The molecule has 0 saturated heterocycles. The van der Waals surface area contributed by atoms with Crippen LogP contribution in [-0.4, -0.2) is 42.8 Å². The number of aryl methyl sites for hydroxylation is 2. The SMILES string of the molecule is Cc1cc(OCC(=O)OCCNC(=O)[C@@H](N)C(C)C)cc(C)c1Cc1ccc(O)c(C(C)C)c1. The molecule has 0 aliphatic carbocycles. The molecule has 1 amide bonds. The van der Waals surface area contributed by atoms with E-state index in [0.717, 1.165) is 28.7 Å². The first kappa shape index (κ1) is 27.2. The van der Waals surface area contributed by atoms with Crippen molar-refractivity contribution in [2.45, 2.75) is 59.9 Å². The fraction of sp³-hybridized carbons (Fsp3) is 0.481. The highest BCUT2D eigenvalue weighted by atomic mass is 16.6. The first-order valence-corrected chi connectivity index (χ1v) is 11.7. The number of phenolic OH excluding ortho intramolecular Hbond substituents is 1. The van der Waals surface area contributed by atoms with Gasteiger partial charge in [-0.15, -0.1) is 0 Å². The van der Waals surface area contributed by atoms with Crippen molar-refractivity contribution in [3.05, 3.63) is 58.1 Å². The van der Waals surface area contributed by atoms with Crippen LogP contribution in [0.1, 0.15) is 61.4 Å². The lowest BCUT2D eigenvalue weighted by Gasteiger charge is -2.16. The third-order valence-corrected chi connectivity index (χ3v) is 5.81. The predicted molar refractivity (Wildman–Crippen MR) is 133 cm³/mol. The monoisotopic (exact) mass is 470 g/mol. The van der Waals surface area contributed by atoms with Gasteiger partial charge in [-0.25, -0.2) is 4.79 Å². The molecule has 0 aliphatic heterocycles. The van der Waals surface area contributed by atoms with Crippen molar-refractivity contribution in [3.8, 4) is 11.5 Å². The summed E-state index contributed by atoms with van der Waals surface area (Å²) in [6.07, 6.45) is 0.742. The van der Waals surface area contributed by atoms with Crippen molar-refractivity contribution in [1.29, 1.82) is 0 Å². The summed E-state index contributed by atoms with van der Waals surface area (Å²) in [5, 5.41) is 12.7. The van der Waals surface area contributed by atoms with Crippen LogP contribution in [0.5, 0.6) is 11.5 Å². The van der Waals surface area contributed by atoms with Crippen LogP contribution in [0.15, 0.2) is 30.3 Å². The Kier molecular flexibility index (Phi) is 9.93. The number of hydrogen-bond acceptors (Lipinski definition) is 6. The van der Waals surface area contributed by atoms with Crippen LogP contribution in [0.4, 0.5) is 0 Å². The molecule has 0 unspecified atom stereocenters. The van der Waals surface area contributed by atoms with Gasteiger partial charge in [0.15, 0.2) is 6.61 Å². The van der Waals surface area contributed by atoms with Gasteiger partial charge in [-0.3, -0.25) is 4.79 Å². The van der Waals surface area contributed by atoms with Gasteiger partial charge in [0.2, 0.25) is 5.91 Å². The first-order chi connectivity index (χ1) is 16.0. The number of aromatic hydroxyl groups is 1. The Morgan fingerprint density at radius 1 is 1.06 bits per heavy atom. The van der Waals surface area contributed by atoms with E-state index in [2.05, 4.69) is 25.2 Å². The third-order valence-electron chi connectivity index (χ3n) is 5.81. The molecule has 2 aromatic rings. The van der Waals surface area contributed by atoms with Crippen molar-refractivity contribution >= 4 is 11.9 Å². The average Bonchev–Trinajstić information content (AvgIpc) is 2.77. The molecule has 0 aliphatic rings. The summed E-state index contributed by atoms with van der Waals surface area (Å²) in [5.74, 6) is 0.428. The van der Waals surface area contributed by atoms with E-state index >= 15 is 0 Å². The summed E-state index contributed by atoms with van der Waals surface area (Å²) in [6.45, 7) is 11.9. The predicted octanol–water partition coefficient (Wildman–Crippen LogP) is 3.74. The summed E-state index contributed by atoms with van der Waals surface area (Å²) >= 11 is 0. The molecule has 1 atom stereocenters. The maximum Gasteiger partial charge on any atom is 0.344 e. The number of hydrogen-bond donors (Lipinski definition) is 3. The smallest absolute Gasteiger partial charge is 0.344 e. The van der Waals surface area contributed by atoms with E-state index in [4.69, 9.17) is 15.2 Å². The summed E-state index contributed by atoms with van der Waals surface area (Å²) in [4.78, 5) is 23.8. The van der Waals surface area contributed by atoms with Crippen LogP contribution in [0.25, 0.3) is 0 Å². The van der Waals surface area contributed by atoms with Gasteiger partial charge in [0.25, 0.3) is 0 Å². The molecule has 7 nitrogen and oxygen atoms in total. The quantitative estimate of drug-likeness (QED) is 0.341. The Hall–Kier alpha value is -3.06. The highest BCUT2D eigenvalue weighted by Crippen LogP contribution is 2.29. The maximum absolute atomic E-state index is 12.0. The summed E-state index contributed by atoms with van der Waals surface area (Å²) in [7, 11) is 0. The van der Waals surface area contributed by atoms with E-state index in [1.807, 2.05) is 45.9 Å². The lowest BCUT2D eigenvalue weighted by Crippen LogP contribution is -2.45. The molecule has 0 aromatic heterocycles. The molecule has 0 saturated carbocycles. The minimum atomic E-state index is -0.584. The molecule has 2 aromatic carbocycles. The molecule has 34 heavy (non-hydrogen) atoms. The van der Waals surface area contributed by atoms with Gasteiger partial charge in [0, 0.05) is 0 Å². The molecule has 0 bridgehead atoms. The normalized spacial score (nSPS) is 12.0. The van der Waals surface area contributed by atoms with Crippen LogP contribution < -0.4 is 15.8 Å². The summed E-state index contributed by atoms with van der Waals surface area (Å²) in [5.41, 5.74) is 11.1. The van der Waals surface area contributed by atoms with Gasteiger partial charge < -0.3 is 25.6 Å². The highest BCUT2D eigenvalue weighted by molar-refractivity contribution is 5.81. The molecule has 2 rings (SSSR count). The first-order valence-electron chi connectivity index (χ1n) is 11.7. The Morgan fingerprint density at radius 3 is 2.29 bits per heavy atom. The number of nitrogens with one attached hydrogen (secondary N) is 1. The largest absolute Gasteiger partial charge is 0.508 e. The van der Waals surface area contributed by atoms with Gasteiger partial charge in [0.05, 0.1) is 12.6 Å². The Balaban J connectivity index is 1.88. The number of esters is 1. The van der Waals surface area contributed by atoms with Gasteiger partial charge in [0.1, 0.15) is 18.1 Å². The second kappa shape index (κ2) is 12.4. The second-order valence-electron chi connectivity index (χ2n) is 9.33. The minimum Gasteiger partial charge on any atom is -0.508 e.